The molecule has 14 nitrogen and oxygen atoms in total. The van der Waals surface area contributed by atoms with Crippen LogP contribution in [-0.2, 0) is 14.1 Å². The lowest BCUT2D eigenvalue weighted by molar-refractivity contribution is -0.134. The molecule has 1 saturated heterocycles. The van der Waals surface area contributed by atoms with E-state index in [1.807, 2.05) is 4.98 Å². The second-order valence-electron chi connectivity index (χ2n) is 5.43. The fourth-order valence-electron chi connectivity index (χ4n) is 2.44. The Kier molecular flexibility index (Phi) is 5.67. The number of aromatic amines is 1. The van der Waals surface area contributed by atoms with Crippen molar-refractivity contribution in [2.45, 2.75) is 29.9 Å². The van der Waals surface area contributed by atoms with Gasteiger partial charge in [-0.15, -0.1) is 0 Å². The second-order valence-corrected chi connectivity index (χ2v) is 9.27. The number of ketones is 1. The van der Waals surface area contributed by atoms with Crippen LogP contribution in [0.25, 0.3) is 0 Å². The largest absolute Gasteiger partial charge is 0.427 e. The third kappa shape index (κ3) is 4.00. The van der Waals surface area contributed by atoms with Crippen LogP contribution in [0.3, 0.4) is 0 Å². The van der Waals surface area contributed by atoms with Crippen molar-refractivity contribution in [3.63, 3.8) is 0 Å². The third-order valence-corrected chi connectivity index (χ3v) is 7.18. The van der Waals surface area contributed by atoms with Crippen molar-refractivity contribution < 1.29 is 48.8 Å². The van der Waals surface area contributed by atoms with Gasteiger partial charge in [-0.25, -0.2) is 4.79 Å². The summed E-state index contributed by atoms with van der Waals surface area (Å²) < 4.78 is 16.9. The predicted octanol–water partition coefficient (Wildman–Crippen LogP) is -4.03. The van der Waals surface area contributed by atoms with Gasteiger partial charge in [0.25, 0.3) is 5.56 Å². The Morgan fingerprint density at radius 1 is 1.23 bits per heavy atom. The summed E-state index contributed by atoms with van der Waals surface area (Å²) >= 11 is 0. The van der Waals surface area contributed by atoms with Gasteiger partial charge < -0.3 is 24.7 Å². The van der Waals surface area contributed by atoms with Gasteiger partial charge >= 0.3 is 26.6 Å². The molecule has 0 saturated carbocycles. The molecule has 0 spiro atoms. The molecule has 0 radical (unpaired) electrons. The summed E-state index contributed by atoms with van der Waals surface area (Å²) in [6.45, 7) is 0. The summed E-state index contributed by atoms with van der Waals surface area (Å²) in [6.07, 6.45) is -7.18. The molecule has 1 unspecified atom stereocenters. The molecule has 1 aromatic rings. The number of carbonyl (C=O) groups is 1. The number of rotatable bonds is 5. The molecular formula is C10H15N2O12P2+. The molecule has 0 aliphatic carbocycles. The maximum Gasteiger partial charge on any atom is 0.427 e. The van der Waals surface area contributed by atoms with Crippen LogP contribution in [0.2, 0.25) is 0 Å². The average Bonchev–Trinajstić information content (AvgIpc) is 2.72. The average molecular weight is 417 g/mol. The van der Waals surface area contributed by atoms with Gasteiger partial charge in [0, 0.05) is 12.3 Å². The molecule has 1 fully saturated rings. The fourth-order valence-corrected chi connectivity index (χ4v) is 5.02. The Hall–Kier alpha value is -1.31. The minimum Gasteiger partial charge on any atom is -0.387 e. The summed E-state index contributed by atoms with van der Waals surface area (Å²) in [5, 5.41) is 16.9. The van der Waals surface area contributed by atoms with Gasteiger partial charge in [-0.1, -0.05) is 0 Å². The van der Waals surface area contributed by atoms with Crippen molar-refractivity contribution in [1.29, 1.82) is 0 Å². The minimum atomic E-state index is -5.60. The van der Waals surface area contributed by atoms with Gasteiger partial charge in [0.2, 0.25) is 5.78 Å². The second kappa shape index (κ2) is 7.02. The van der Waals surface area contributed by atoms with Crippen molar-refractivity contribution >= 4 is 21.3 Å². The van der Waals surface area contributed by atoms with E-state index < -0.39 is 62.5 Å². The molecule has 5 atom stereocenters. The number of ether oxygens (including phenoxy) is 1. The van der Waals surface area contributed by atoms with Crippen LogP contribution < -0.4 is 11.2 Å². The van der Waals surface area contributed by atoms with E-state index in [4.69, 9.17) is 29.2 Å². The molecule has 1 aliphatic rings. The summed E-state index contributed by atoms with van der Waals surface area (Å²) in [5.41, 5.74) is -1.87. The number of hydrogen-bond donors (Lipinski definition) is 8. The molecule has 8 N–H and O–H groups in total. The van der Waals surface area contributed by atoms with Gasteiger partial charge in [0.15, 0.2) is 12.3 Å². The van der Waals surface area contributed by atoms with Gasteiger partial charge in [-0.2, -0.15) is 14.7 Å². The van der Waals surface area contributed by atoms with E-state index in [-0.39, 0.29) is 0 Å². The van der Waals surface area contributed by atoms with Crippen molar-refractivity contribution in [2.24, 2.45) is 0 Å². The molecule has 2 heterocycles. The first-order valence-corrected chi connectivity index (χ1v) is 10.1. The van der Waals surface area contributed by atoms with Gasteiger partial charge in [0.1, 0.15) is 12.2 Å². The van der Waals surface area contributed by atoms with Gasteiger partial charge in [-0.3, -0.25) is 23.7 Å². The molecule has 1 aliphatic heterocycles. The van der Waals surface area contributed by atoms with E-state index in [1.54, 1.807) is 0 Å². The van der Waals surface area contributed by atoms with Gasteiger partial charge in [0.05, 0.1) is 0 Å². The summed E-state index contributed by atoms with van der Waals surface area (Å²) in [5.74, 6) is -1.79. The summed E-state index contributed by atoms with van der Waals surface area (Å²) in [7, 11) is -11.0. The lowest BCUT2D eigenvalue weighted by Crippen LogP contribution is -2.42. The number of hydrogen-bond acceptors (Lipinski definition) is 10. The molecule has 1 aromatic heterocycles. The van der Waals surface area contributed by atoms with Crippen LogP contribution in [0.4, 0.5) is 0 Å². The number of H-pyrrole nitrogens is 1. The van der Waals surface area contributed by atoms with Crippen LogP contribution >= 0.6 is 15.5 Å². The number of carbonyl (C=O) groups excluding carboxylic acids is 1. The smallest absolute Gasteiger partial charge is 0.387 e. The Bertz CT molecular complexity index is 853. The number of nitrogens with one attached hydrogen (secondary N) is 1. The monoisotopic (exact) mass is 417 g/mol. The first kappa shape index (κ1) is 21.0. The highest BCUT2D eigenvalue weighted by Gasteiger charge is 2.64. The Morgan fingerprint density at radius 3 is 2.27 bits per heavy atom. The first-order chi connectivity index (χ1) is 11.7. The molecule has 146 valence electrons. The molecule has 0 aromatic carbocycles. The molecule has 0 amide bonds. The van der Waals surface area contributed by atoms with Gasteiger partial charge in [-0.05, 0) is 0 Å². The predicted molar refractivity (Wildman–Crippen MR) is 81.7 cm³/mol. The van der Waals surface area contributed by atoms with Crippen molar-refractivity contribution in [3.05, 3.63) is 33.1 Å². The van der Waals surface area contributed by atoms with E-state index in [0.29, 0.717) is 4.57 Å². The minimum absolute atomic E-state index is 0.592. The van der Waals surface area contributed by atoms with Crippen LogP contribution in [-0.4, -0.2) is 73.7 Å². The maximum absolute atomic E-state index is 12.2. The topological polar surface area (TPSA) is 240 Å². The highest BCUT2D eigenvalue weighted by atomic mass is 31.3. The van der Waals surface area contributed by atoms with E-state index in [9.17, 15) is 29.2 Å². The molecule has 2 rings (SSSR count). The number of aromatic nitrogens is 2. The highest BCUT2D eigenvalue weighted by molar-refractivity contribution is 7.76. The zero-order valence-electron chi connectivity index (χ0n) is 12.6. The highest BCUT2D eigenvalue weighted by Crippen LogP contribution is 2.65. The van der Waals surface area contributed by atoms with Crippen LogP contribution in [0.5, 0.6) is 0 Å². The van der Waals surface area contributed by atoms with E-state index in [2.05, 4.69) is 0 Å². The SMILES string of the molecule is O=C(C(P(=O)(O)O)[P+](O)(O)O)[C@H]1O[C@@H](n2ccc(=O)[nH]c2=O)[C@H](O)[C@@H]1O. The Balaban J connectivity index is 2.40. The first-order valence-electron chi connectivity index (χ1n) is 6.74. The van der Waals surface area contributed by atoms with E-state index in [1.165, 1.54) is 0 Å². The molecular weight excluding hydrogens is 402 g/mol. The van der Waals surface area contributed by atoms with Crippen molar-refractivity contribution in [2.75, 3.05) is 0 Å². The maximum atomic E-state index is 12.2. The summed E-state index contributed by atoms with van der Waals surface area (Å²) in [6, 6.07) is 0.864. The third-order valence-electron chi connectivity index (χ3n) is 3.55. The van der Waals surface area contributed by atoms with Crippen LogP contribution in [0.1, 0.15) is 6.23 Å². The van der Waals surface area contributed by atoms with E-state index in [0.717, 1.165) is 12.3 Å². The van der Waals surface area contributed by atoms with Crippen molar-refractivity contribution in [3.8, 4) is 0 Å². The standard InChI is InChI=1S/C10H14N2O12P2/c13-3-1-2-12(10(17)11-3)8-5(15)4(14)7(24-8)6(16)9(25(18,19)20)26(21,22)23/h1-2,4-5,7-9,14-15,18-20H,(H2-,11,13,17,21,22,23)/p+1/t4-,5+,7-,8+,9?/m0/s1. The number of nitrogens with zero attached hydrogens (tertiary/aromatic N) is 1. The number of Topliss-reactive ketones (excluding diaryl/α,β-unsaturated/α-hetero) is 1. The number of aliphatic hydroxyl groups is 2. The molecule has 26 heavy (non-hydrogen) atoms. The van der Waals surface area contributed by atoms with E-state index >= 15 is 0 Å². The lowest BCUT2D eigenvalue weighted by atomic mass is 10.1. The Morgan fingerprint density at radius 2 is 1.81 bits per heavy atom. The van der Waals surface area contributed by atoms with Crippen molar-refractivity contribution in [1.82, 2.24) is 9.55 Å². The van der Waals surface area contributed by atoms with Crippen LogP contribution in [0.15, 0.2) is 21.9 Å². The number of aliphatic hydroxyl groups excluding tert-OH is 2. The zero-order valence-corrected chi connectivity index (χ0v) is 14.3. The van der Waals surface area contributed by atoms with Crippen LogP contribution in [0, 0.1) is 0 Å². The lowest BCUT2D eigenvalue weighted by Gasteiger charge is -2.21. The zero-order chi connectivity index (χ0) is 20.0. The summed E-state index contributed by atoms with van der Waals surface area (Å²) in [4.78, 5) is 82.5. The molecule has 0 bridgehead atoms. The fraction of sp³-hybridized carbons (Fsp3) is 0.500. The molecule has 16 heteroatoms. The Labute approximate surface area is 143 Å². The normalized spacial score (nSPS) is 28.1. The quantitative estimate of drug-likeness (QED) is 0.214.